The maximum atomic E-state index is 12.9. The highest BCUT2D eigenvalue weighted by molar-refractivity contribution is 7.89. The maximum absolute atomic E-state index is 12.9. The Morgan fingerprint density at radius 3 is 2.57 bits per heavy atom. The van der Waals surface area contributed by atoms with Crippen LogP contribution in [0.1, 0.15) is 24.4 Å². The van der Waals surface area contributed by atoms with Crippen molar-refractivity contribution in [1.82, 2.24) is 9.29 Å². The van der Waals surface area contributed by atoms with E-state index in [-0.39, 0.29) is 16.0 Å². The van der Waals surface area contributed by atoms with E-state index in [2.05, 4.69) is 4.98 Å². The Balaban J connectivity index is 2.01. The van der Waals surface area contributed by atoms with Gasteiger partial charge in [-0.05, 0) is 42.7 Å². The van der Waals surface area contributed by atoms with Crippen molar-refractivity contribution in [2.24, 2.45) is 0 Å². The molecule has 1 fully saturated rings. The van der Waals surface area contributed by atoms with Crippen LogP contribution in [0, 0.1) is 0 Å². The van der Waals surface area contributed by atoms with Crippen LogP contribution >= 0.6 is 11.6 Å². The van der Waals surface area contributed by atoms with Crippen molar-refractivity contribution in [2.45, 2.75) is 23.8 Å². The van der Waals surface area contributed by atoms with E-state index in [1.165, 1.54) is 0 Å². The zero-order chi connectivity index (χ0) is 14.9. The number of nitrogens with zero attached hydrogens (tertiary/aromatic N) is 2. The molecule has 6 heteroatoms. The molecule has 0 aliphatic carbocycles. The van der Waals surface area contributed by atoms with E-state index in [4.69, 9.17) is 11.6 Å². The molecule has 4 nitrogen and oxygen atoms in total. The van der Waals surface area contributed by atoms with Gasteiger partial charge >= 0.3 is 0 Å². The van der Waals surface area contributed by atoms with Crippen LogP contribution in [0.25, 0.3) is 0 Å². The van der Waals surface area contributed by atoms with Gasteiger partial charge in [0.2, 0.25) is 10.0 Å². The molecule has 0 amide bonds. The molecule has 21 heavy (non-hydrogen) atoms. The topological polar surface area (TPSA) is 50.3 Å². The minimum absolute atomic E-state index is 0.144. The molecule has 0 bridgehead atoms. The molecule has 1 aliphatic rings. The largest absolute Gasteiger partial charge is 0.265 e. The Morgan fingerprint density at radius 2 is 1.86 bits per heavy atom. The molecule has 0 radical (unpaired) electrons. The first kappa shape index (κ1) is 14.5. The second-order valence-electron chi connectivity index (χ2n) is 4.98. The fourth-order valence-corrected chi connectivity index (χ4v) is 4.90. The van der Waals surface area contributed by atoms with Gasteiger partial charge in [-0.3, -0.25) is 4.98 Å². The van der Waals surface area contributed by atoms with Crippen LogP contribution in [0.5, 0.6) is 0 Å². The molecular weight excluding hydrogens is 308 g/mol. The van der Waals surface area contributed by atoms with Crippen LogP contribution in [0.3, 0.4) is 0 Å². The first-order valence-corrected chi connectivity index (χ1v) is 8.59. The fraction of sp³-hybridized carbons (Fsp3) is 0.267. The van der Waals surface area contributed by atoms with E-state index in [9.17, 15) is 8.42 Å². The van der Waals surface area contributed by atoms with Crippen LogP contribution in [-0.4, -0.2) is 24.3 Å². The number of halogens is 1. The summed E-state index contributed by atoms with van der Waals surface area (Å²) in [6, 6.07) is 10.2. The fourth-order valence-electron chi connectivity index (χ4n) is 2.73. The van der Waals surface area contributed by atoms with Gasteiger partial charge in [0, 0.05) is 18.9 Å². The van der Waals surface area contributed by atoms with Gasteiger partial charge in [-0.2, -0.15) is 4.31 Å². The predicted octanol–water partition coefficient (Wildman–Crippen LogP) is 3.26. The van der Waals surface area contributed by atoms with Gasteiger partial charge in [0.1, 0.15) is 4.90 Å². The Morgan fingerprint density at radius 1 is 1.14 bits per heavy atom. The molecular formula is C15H15ClN2O2S. The average Bonchev–Trinajstić information content (AvgIpc) is 2.99. The predicted molar refractivity (Wildman–Crippen MR) is 81.6 cm³/mol. The number of pyridine rings is 1. The van der Waals surface area contributed by atoms with Crippen molar-refractivity contribution in [3.8, 4) is 0 Å². The normalized spacial score (nSPS) is 19.8. The van der Waals surface area contributed by atoms with E-state index < -0.39 is 10.0 Å². The van der Waals surface area contributed by atoms with E-state index >= 15 is 0 Å². The van der Waals surface area contributed by atoms with Crippen molar-refractivity contribution in [3.05, 3.63) is 59.4 Å². The quantitative estimate of drug-likeness (QED) is 0.871. The third-order valence-electron chi connectivity index (χ3n) is 3.72. The van der Waals surface area contributed by atoms with E-state index in [0.29, 0.717) is 6.54 Å². The number of benzene rings is 1. The van der Waals surface area contributed by atoms with Crippen molar-refractivity contribution in [2.75, 3.05) is 6.54 Å². The molecule has 1 atom stereocenters. The molecule has 3 rings (SSSR count). The molecule has 0 unspecified atom stereocenters. The summed E-state index contributed by atoms with van der Waals surface area (Å²) in [6.45, 7) is 0.514. The molecule has 2 aromatic rings. The molecule has 0 N–H and O–H groups in total. The van der Waals surface area contributed by atoms with Crippen LogP contribution in [0.4, 0.5) is 0 Å². The van der Waals surface area contributed by atoms with Crippen LogP contribution < -0.4 is 0 Å². The summed E-state index contributed by atoms with van der Waals surface area (Å²) in [6.07, 6.45) is 5.03. The summed E-state index contributed by atoms with van der Waals surface area (Å²) in [7, 11) is -3.59. The Hall–Kier alpha value is -1.43. The molecule has 1 saturated heterocycles. The summed E-state index contributed by atoms with van der Waals surface area (Å²) < 4.78 is 27.3. The lowest BCUT2D eigenvalue weighted by Crippen LogP contribution is -2.30. The summed E-state index contributed by atoms with van der Waals surface area (Å²) in [5.41, 5.74) is 0.970. The molecule has 1 aromatic heterocycles. The highest BCUT2D eigenvalue weighted by atomic mass is 35.5. The van der Waals surface area contributed by atoms with Crippen LogP contribution in [0.15, 0.2) is 53.7 Å². The third-order valence-corrected chi connectivity index (χ3v) is 6.13. The number of rotatable bonds is 3. The van der Waals surface area contributed by atoms with Crippen LogP contribution in [0.2, 0.25) is 5.02 Å². The summed E-state index contributed by atoms with van der Waals surface area (Å²) >= 11 is 6.07. The van der Waals surface area contributed by atoms with Gasteiger partial charge in [0.05, 0.1) is 11.1 Å². The first-order chi connectivity index (χ1) is 10.1. The van der Waals surface area contributed by atoms with Crippen molar-refractivity contribution in [1.29, 1.82) is 0 Å². The van der Waals surface area contributed by atoms with Crippen molar-refractivity contribution < 1.29 is 8.42 Å². The molecule has 0 spiro atoms. The van der Waals surface area contributed by atoms with Gasteiger partial charge in [-0.25, -0.2) is 8.42 Å². The highest BCUT2D eigenvalue weighted by Gasteiger charge is 2.36. The van der Waals surface area contributed by atoms with Crippen molar-refractivity contribution >= 4 is 21.6 Å². The Kier molecular flexibility index (Phi) is 3.97. The summed E-state index contributed by atoms with van der Waals surface area (Å²) in [5.74, 6) is 0. The van der Waals surface area contributed by atoms with E-state index in [0.717, 1.165) is 18.4 Å². The monoisotopic (exact) mass is 322 g/mol. The molecule has 1 aromatic carbocycles. The van der Waals surface area contributed by atoms with Gasteiger partial charge in [-0.1, -0.05) is 23.7 Å². The molecule has 0 saturated carbocycles. The molecule has 2 heterocycles. The van der Waals surface area contributed by atoms with Gasteiger partial charge in [0.25, 0.3) is 0 Å². The summed E-state index contributed by atoms with van der Waals surface area (Å²) in [5, 5.41) is 0.262. The number of hydrogen-bond donors (Lipinski definition) is 0. The van der Waals surface area contributed by atoms with Gasteiger partial charge in [-0.15, -0.1) is 0 Å². The minimum atomic E-state index is -3.59. The molecule has 110 valence electrons. The first-order valence-electron chi connectivity index (χ1n) is 6.77. The van der Waals surface area contributed by atoms with E-state index in [1.54, 1.807) is 41.0 Å². The van der Waals surface area contributed by atoms with E-state index in [1.807, 2.05) is 12.1 Å². The number of hydrogen-bond acceptors (Lipinski definition) is 3. The minimum Gasteiger partial charge on any atom is -0.265 e. The maximum Gasteiger partial charge on any atom is 0.245 e. The SMILES string of the molecule is O=S(=O)(c1ccccc1Cl)N1CCC[C@@H]1c1ccncc1. The van der Waals surface area contributed by atoms with Crippen LogP contribution in [-0.2, 0) is 10.0 Å². The second kappa shape index (κ2) is 5.75. The Labute approximate surface area is 129 Å². The zero-order valence-electron chi connectivity index (χ0n) is 11.3. The van der Waals surface area contributed by atoms with Crippen molar-refractivity contribution in [3.63, 3.8) is 0 Å². The van der Waals surface area contributed by atoms with Gasteiger partial charge < -0.3 is 0 Å². The average molecular weight is 323 g/mol. The Bertz CT molecular complexity index is 734. The lowest BCUT2D eigenvalue weighted by Gasteiger charge is -2.24. The second-order valence-corrected chi connectivity index (χ2v) is 7.25. The highest BCUT2D eigenvalue weighted by Crippen LogP contribution is 2.37. The standard InChI is InChI=1S/C15H15ClN2O2S/c16-13-4-1-2-6-15(13)21(19,20)18-11-3-5-14(18)12-7-9-17-10-8-12/h1-2,4,6-10,14H,3,5,11H2/t14-/m1/s1. The molecule has 1 aliphatic heterocycles. The summed E-state index contributed by atoms with van der Waals surface area (Å²) in [4.78, 5) is 4.16. The lowest BCUT2D eigenvalue weighted by molar-refractivity contribution is 0.396. The van der Waals surface area contributed by atoms with Gasteiger partial charge in [0.15, 0.2) is 0 Å². The lowest BCUT2D eigenvalue weighted by atomic mass is 10.1. The number of sulfonamides is 1. The number of aromatic nitrogens is 1. The zero-order valence-corrected chi connectivity index (χ0v) is 12.9. The smallest absolute Gasteiger partial charge is 0.245 e. The third kappa shape index (κ3) is 2.69.